The molecule has 0 atom stereocenters. The minimum absolute atomic E-state index is 0.0479. The van der Waals surface area contributed by atoms with Crippen LogP contribution < -0.4 is 10.1 Å². The van der Waals surface area contributed by atoms with Crippen LogP contribution in [0.4, 0.5) is 5.69 Å². The van der Waals surface area contributed by atoms with Crippen molar-refractivity contribution in [2.75, 3.05) is 11.9 Å². The molecule has 27 heavy (non-hydrogen) atoms. The lowest BCUT2D eigenvalue weighted by molar-refractivity contribution is 0.0698. The summed E-state index contributed by atoms with van der Waals surface area (Å²) in [5.41, 5.74) is 1.93. The molecule has 1 amide bonds. The van der Waals surface area contributed by atoms with Crippen LogP contribution in [0.25, 0.3) is 0 Å². The second kappa shape index (κ2) is 8.67. The second-order valence-electron chi connectivity index (χ2n) is 5.91. The number of anilines is 1. The molecule has 0 heterocycles. The maximum Gasteiger partial charge on any atom is 0.337 e. The number of carboxylic acids is 1. The molecular formula is C22H19NO4. The van der Waals surface area contributed by atoms with Crippen LogP contribution in [0.3, 0.4) is 0 Å². The number of hydrogen-bond donors (Lipinski definition) is 2. The predicted octanol–water partition coefficient (Wildman–Crippen LogP) is 4.26. The van der Waals surface area contributed by atoms with Crippen LogP contribution in [0.1, 0.15) is 26.3 Å². The van der Waals surface area contributed by atoms with E-state index in [4.69, 9.17) is 4.74 Å². The molecule has 0 aliphatic rings. The molecule has 5 nitrogen and oxygen atoms in total. The number of carbonyl (C=O) groups is 2. The summed E-state index contributed by atoms with van der Waals surface area (Å²) in [6.45, 7) is 0.543. The normalized spacial score (nSPS) is 10.2. The van der Waals surface area contributed by atoms with Gasteiger partial charge in [-0.2, -0.15) is 0 Å². The van der Waals surface area contributed by atoms with Crippen LogP contribution in [0, 0.1) is 0 Å². The smallest absolute Gasteiger partial charge is 0.337 e. The number of benzene rings is 3. The molecular weight excluding hydrogens is 342 g/mol. The Labute approximate surface area is 157 Å². The molecule has 0 fully saturated rings. The molecule has 0 spiro atoms. The van der Waals surface area contributed by atoms with Crippen molar-refractivity contribution in [1.29, 1.82) is 0 Å². The van der Waals surface area contributed by atoms with Gasteiger partial charge < -0.3 is 15.2 Å². The highest BCUT2D eigenvalue weighted by Crippen LogP contribution is 2.18. The first-order chi connectivity index (χ1) is 13.1. The summed E-state index contributed by atoms with van der Waals surface area (Å²) in [5.74, 6) is -0.791. The van der Waals surface area contributed by atoms with Gasteiger partial charge in [0.25, 0.3) is 5.91 Å². The van der Waals surface area contributed by atoms with Gasteiger partial charge in [0.15, 0.2) is 0 Å². The fourth-order valence-electron chi connectivity index (χ4n) is 2.61. The van der Waals surface area contributed by atoms with Gasteiger partial charge in [0, 0.05) is 12.0 Å². The molecule has 0 saturated carbocycles. The summed E-state index contributed by atoms with van der Waals surface area (Å²) in [7, 11) is 0. The molecule has 136 valence electrons. The van der Waals surface area contributed by atoms with Gasteiger partial charge in [0.05, 0.1) is 17.9 Å². The summed E-state index contributed by atoms with van der Waals surface area (Å²) in [6, 6.07) is 23.1. The number of ether oxygens (including phenoxy) is 1. The number of para-hydroxylation sites is 1. The molecule has 0 unspecified atom stereocenters. The van der Waals surface area contributed by atoms with Crippen molar-refractivity contribution in [2.24, 2.45) is 0 Å². The predicted molar refractivity (Wildman–Crippen MR) is 103 cm³/mol. The molecule has 0 radical (unpaired) electrons. The molecule has 0 aliphatic carbocycles. The van der Waals surface area contributed by atoms with Crippen LogP contribution in [-0.2, 0) is 6.42 Å². The Morgan fingerprint density at radius 2 is 1.52 bits per heavy atom. The van der Waals surface area contributed by atoms with Crippen LogP contribution in [0.2, 0.25) is 0 Å². The van der Waals surface area contributed by atoms with Crippen molar-refractivity contribution >= 4 is 17.6 Å². The van der Waals surface area contributed by atoms with E-state index in [9.17, 15) is 14.7 Å². The lowest BCUT2D eigenvalue weighted by Gasteiger charge is -2.09. The summed E-state index contributed by atoms with van der Waals surface area (Å²) < 4.78 is 5.70. The first-order valence-electron chi connectivity index (χ1n) is 8.54. The number of hydrogen-bond acceptors (Lipinski definition) is 3. The molecule has 3 aromatic rings. The van der Waals surface area contributed by atoms with Gasteiger partial charge in [-0.25, -0.2) is 4.79 Å². The van der Waals surface area contributed by atoms with Crippen molar-refractivity contribution in [3.05, 3.63) is 95.6 Å². The fourth-order valence-corrected chi connectivity index (χ4v) is 2.61. The first-order valence-corrected chi connectivity index (χ1v) is 8.54. The van der Waals surface area contributed by atoms with Crippen molar-refractivity contribution in [1.82, 2.24) is 0 Å². The van der Waals surface area contributed by atoms with Gasteiger partial charge in [0.1, 0.15) is 5.75 Å². The largest absolute Gasteiger partial charge is 0.493 e. The third kappa shape index (κ3) is 4.95. The molecule has 0 aromatic heterocycles. The van der Waals surface area contributed by atoms with E-state index in [0.29, 0.717) is 17.9 Å². The number of nitrogens with one attached hydrogen (secondary N) is 1. The van der Waals surface area contributed by atoms with Gasteiger partial charge in [0.2, 0.25) is 0 Å². The van der Waals surface area contributed by atoms with Crippen molar-refractivity contribution < 1.29 is 19.4 Å². The van der Waals surface area contributed by atoms with E-state index in [1.807, 2.05) is 30.3 Å². The summed E-state index contributed by atoms with van der Waals surface area (Å²) >= 11 is 0. The number of aromatic carboxylic acids is 1. The lowest BCUT2D eigenvalue weighted by atomic mass is 10.1. The maximum atomic E-state index is 12.4. The Hall–Kier alpha value is -3.60. The molecule has 3 rings (SSSR count). The summed E-state index contributed by atoms with van der Waals surface area (Å²) in [6.07, 6.45) is 0.801. The van der Waals surface area contributed by atoms with E-state index in [0.717, 1.165) is 6.42 Å². The average Bonchev–Trinajstić information content (AvgIpc) is 2.69. The Kier molecular flexibility index (Phi) is 5.84. The molecule has 0 saturated heterocycles. The number of amides is 1. The zero-order valence-corrected chi connectivity index (χ0v) is 14.6. The minimum atomic E-state index is -1.09. The molecule has 5 heteroatoms. The van der Waals surface area contributed by atoms with E-state index in [-0.39, 0.29) is 17.2 Å². The Balaban J connectivity index is 1.58. The van der Waals surface area contributed by atoms with E-state index in [1.54, 1.807) is 42.5 Å². The average molecular weight is 361 g/mol. The highest BCUT2D eigenvalue weighted by Gasteiger charge is 2.13. The molecule has 3 aromatic carbocycles. The van der Waals surface area contributed by atoms with Crippen molar-refractivity contribution in [3.63, 3.8) is 0 Å². The highest BCUT2D eigenvalue weighted by atomic mass is 16.5. The third-order valence-corrected chi connectivity index (χ3v) is 4.02. The Morgan fingerprint density at radius 3 is 2.22 bits per heavy atom. The lowest BCUT2D eigenvalue weighted by Crippen LogP contribution is -2.14. The Bertz CT molecular complexity index is 921. The SMILES string of the molecule is O=C(Nc1ccccc1C(=O)O)c1ccc(OCCc2ccccc2)cc1. The molecule has 0 bridgehead atoms. The van der Waals surface area contributed by atoms with Gasteiger partial charge >= 0.3 is 5.97 Å². The topological polar surface area (TPSA) is 75.6 Å². The first kappa shape index (κ1) is 18.2. The van der Waals surface area contributed by atoms with Crippen LogP contribution in [-0.4, -0.2) is 23.6 Å². The number of carbonyl (C=O) groups excluding carboxylic acids is 1. The zero-order valence-electron chi connectivity index (χ0n) is 14.6. The second-order valence-corrected chi connectivity index (χ2v) is 5.91. The molecule has 2 N–H and O–H groups in total. The number of carboxylic acid groups (broad SMARTS) is 1. The third-order valence-electron chi connectivity index (χ3n) is 4.02. The van der Waals surface area contributed by atoms with Crippen LogP contribution >= 0.6 is 0 Å². The Morgan fingerprint density at radius 1 is 0.852 bits per heavy atom. The van der Waals surface area contributed by atoms with Crippen LogP contribution in [0.5, 0.6) is 5.75 Å². The fraction of sp³-hybridized carbons (Fsp3) is 0.0909. The van der Waals surface area contributed by atoms with Gasteiger partial charge in [-0.1, -0.05) is 42.5 Å². The summed E-state index contributed by atoms with van der Waals surface area (Å²) in [5, 5.41) is 11.8. The van der Waals surface area contributed by atoms with Crippen LogP contribution in [0.15, 0.2) is 78.9 Å². The zero-order chi connectivity index (χ0) is 19.1. The van der Waals surface area contributed by atoms with Gasteiger partial charge in [-0.05, 0) is 42.0 Å². The van der Waals surface area contributed by atoms with Gasteiger partial charge in [-0.3, -0.25) is 4.79 Å². The van der Waals surface area contributed by atoms with E-state index in [1.165, 1.54) is 11.6 Å². The maximum absolute atomic E-state index is 12.4. The quantitative estimate of drug-likeness (QED) is 0.659. The van der Waals surface area contributed by atoms with E-state index in [2.05, 4.69) is 5.32 Å². The standard InChI is InChI=1S/C22H19NO4/c24-21(23-20-9-5-4-8-19(20)22(25)26)17-10-12-18(13-11-17)27-15-14-16-6-2-1-3-7-16/h1-13H,14-15H2,(H,23,24)(H,25,26). The minimum Gasteiger partial charge on any atom is -0.493 e. The molecule has 0 aliphatic heterocycles. The van der Waals surface area contributed by atoms with E-state index >= 15 is 0 Å². The highest BCUT2D eigenvalue weighted by molar-refractivity contribution is 6.07. The monoisotopic (exact) mass is 361 g/mol. The van der Waals surface area contributed by atoms with Crippen molar-refractivity contribution in [2.45, 2.75) is 6.42 Å². The summed E-state index contributed by atoms with van der Waals surface area (Å²) in [4.78, 5) is 23.6. The number of rotatable bonds is 7. The van der Waals surface area contributed by atoms with Gasteiger partial charge in [-0.15, -0.1) is 0 Å². The van der Waals surface area contributed by atoms with Crippen molar-refractivity contribution in [3.8, 4) is 5.75 Å². The van der Waals surface area contributed by atoms with E-state index < -0.39 is 5.97 Å².